The third-order valence-corrected chi connectivity index (χ3v) is 2.72. The van der Waals surface area contributed by atoms with Crippen molar-refractivity contribution in [3.63, 3.8) is 0 Å². The SMILES string of the molecule is Cc1cc(F)c(Nc2nc(NN)ccc2[N+](=O)[O-])cc1F. The monoisotopic (exact) mass is 295 g/mol. The molecule has 7 nitrogen and oxygen atoms in total. The first-order valence-electron chi connectivity index (χ1n) is 5.77. The molecular weight excluding hydrogens is 284 g/mol. The van der Waals surface area contributed by atoms with Crippen LogP contribution in [0.4, 0.5) is 31.8 Å². The third kappa shape index (κ3) is 3.03. The van der Waals surface area contributed by atoms with Crippen LogP contribution in [-0.2, 0) is 0 Å². The highest BCUT2D eigenvalue weighted by Crippen LogP contribution is 2.29. The normalized spacial score (nSPS) is 10.3. The summed E-state index contributed by atoms with van der Waals surface area (Å²) >= 11 is 0. The summed E-state index contributed by atoms with van der Waals surface area (Å²) in [4.78, 5) is 14.1. The standard InChI is InChI=1S/C12H11F2N5O2/c1-6-4-8(14)9(5-7(6)13)16-12-10(19(20)21)2-3-11(17-12)18-15/h2-5H,15H2,1H3,(H2,16,17,18). The minimum atomic E-state index is -0.754. The number of aryl methyl sites for hydroxylation is 1. The van der Waals surface area contributed by atoms with E-state index in [0.717, 1.165) is 18.2 Å². The second-order valence-electron chi connectivity index (χ2n) is 4.17. The topological polar surface area (TPSA) is 106 Å². The zero-order valence-electron chi connectivity index (χ0n) is 10.9. The average molecular weight is 295 g/mol. The molecule has 0 bridgehead atoms. The summed E-state index contributed by atoms with van der Waals surface area (Å²) in [6, 6.07) is 4.32. The highest BCUT2D eigenvalue weighted by molar-refractivity contribution is 5.68. The number of hydrazine groups is 1. The summed E-state index contributed by atoms with van der Waals surface area (Å²) in [7, 11) is 0. The van der Waals surface area contributed by atoms with Crippen molar-refractivity contribution in [3.05, 3.63) is 51.6 Å². The lowest BCUT2D eigenvalue weighted by Crippen LogP contribution is -2.10. The molecule has 2 rings (SSSR count). The first-order chi connectivity index (χ1) is 9.92. The summed E-state index contributed by atoms with van der Waals surface area (Å²) in [5.74, 6) is 3.65. The Labute approximate surface area is 117 Å². The van der Waals surface area contributed by atoms with Gasteiger partial charge in [-0.15, -0.1) is 0 Å². The van der Waals surface area contributed by atoms with Gasteiger partial charge in [0.1, 0.15) is 17.5 Å². The molecule has 0 saturated heterocycles. The Morgan fingerprint density at radius 3 is 2.62 bits per heavy atom. The predicted molar refractivity (Wildman–Crippen MR) is 73.1 cm³/mol. The molecule has 1 aromatic heterocycles. The number of benzene rings is 1. The first kappa shape index (κ1) is 14.6. The van der Waals surface area contributed by atoms with Gasteiger partial charge < -0.3 is 10.7 Å². The van der Waals surface area contributed by atoms with Crippen molar-refractivity contribution in [2.24, 2.45) is 5.84 Å². The minimum absolute atomic E-state index is 0.123. The Hall–Kier alpha value is -2.81. The van der Waals surface area contributed by atoms with Crippen molar-refractivity contribution in [2.45, 2.75) is 6.92 Å². The lowest BCUT2D eigenvalue weighted by Gasteiger charge is -2.10. The summed E-state index contributed by atoms with van der Waals surface area (Å²) in [5, 5.41) is 13.3. The Balaban J connectivity index is 2.47. The number of nitro groups is 1. The maximum atomic E-state index is 13.8. The zero-order valence-corrected chi connectivity index (χ0v) is 10.9. The maximum absolute atomic E-state index is 13.8. The van der Waals surface area contributed by atoms with Crippen molar-refractivity contribution in [1.82, 2.24) is 4.98 Å². The van der Waals surface area contributed by atoms with Crippen molar-refractivity contribution in [1.29, 1.82) is 0 Å². The molecule has 110 valence electrons. The van der Waals surface area contributed by atoms with Gasteiger partial charge in [0, 0.05) is 12.1 Å². The molecule has 0 aliphatic carbocycles. The van der Waals surface area contributed by atoms with Crippen molar-refractivity contribution in [2.75, 3.05) is 10.7 Å². The van der Waals surface area contributed by atoms with Crippen LogP contribution in [0.25, 0.3) is 0 Å². The molecule has 0 amide bonds. The van der Waals surface area contributed by atoms with E-state index in [1.54, 1.807) is 0 Å². The Bertz CT molecular complexity index is 708. The van der Waals surface area contributed by atoms with Crippen LogP contribution in [0.15, 0.2) is 24.3 Å². The van der Waals surface area contributed by atoms with Gasteiger partial charge in [-0.3, -0.25) is 10.1 Å². The van der Waals surface area contributed by atoms with E-state index in [9.17, 15) is 18.9 Å². The molecule has 0 radical (unpaired) electrons. The van der Waals surface area contributed by atoms with Gasteiger partial charge in [-0.1, -0.05) is 0 Å². The van der Waals surface area contributed by atoms with Gasteiger partial charge in [-0.2, -0.15) is 0 Å². The number of rotatable bonds is 4. The lowest BCUT2D eigenvalue weighted by molar-refractivity contribution is -0.384. The van der Waals surface area contributed by atoms with Gasteiger partial charge in [0.15, 0.2) is 0 Å². The molecular formula is C12H11F2N5O2. The average Bonchev–Trinajstić information content (AvgIpc) is 2.44. The first-order valence-corrected chi connectivity index (χ1v) is 5.77. The number of nitrogen functional groups attached to an aromatic ring is 1. The van der Waals surface area contributed by atoms with Crippen LogP contribution in [0.5, 0.6) is 0 Å². The molecule has 0 aliphatic rings. The number of hydrogen-bond donors (Lipinski definition) is 3. The highest BCUT2D eigenvalue weighted by Gasteiger charge is 2.18. The largest absolute Gasteiger partial charge is 0.332 e. The number of hydrogen-bond acceptors (Lipinski definition) is 6. The molecule has 4 N–H and O–H groups in total. The van der Waals surface area contributed by atoms with Crippen LogP contribution >= 0.6 is 0 Å². The van der Waals surface area contributed by atoms with Gasteiger partial charge in [0.05, 0.1) is 10.6 Å². The number of nitrogens with one attached hydrogen (secondary N) is 2. The van der Waals surface area contributed by atoms with E-state index in [1.807, 2.05) is 0 Å². The smallest absolute Gasteiger partial charge is 0.311 e. The van der Waals surface area contributed by atoms with E-state index in [2.05, 4.69) is 15.7 Å². The molecule has 1 heterocycles. The second-order valence-corrected chi connectivity index (χ2v) is 4.17. The van der Waals surface area contributed by atoms with Crippen LogP contribution < -0.4 is 16.6 Å². The Kier molecular flexibility index (Phi) is 3.94. The van der Waals surface area contributed by atoms with Crippen molar-refractivity contribution in [3.8, 4) is 0 Å². The van der Waals surface area contributed by atoms with Crippen LogP contribution in [0.2, 0.25) is 0 Å². The van der Waals surface area contributed by atoms with Crippen molar-refractivity contribution >= 4 is 23.0 Å². The van der Waals surface area contributed by atoms with Gasteiger partial charge in [-0.25, -0.2) is 19.6 Å². The molecule has 0 fully saturated rings. The summed E-state index contributed by atoms with van der Waals surface area (Å²) in [5.41, 5.74) is 1.68. The lowest BCUT2D eigenvalue weighted by atomic mass is 10.2. The van der Waals surface area contributed by atoms with Gasteiger partial charge in [-0.05, 0) is 24.6 Å². The van der Waals surface area contributed by atoms with E-state index in [-0.39, 0.29) is 22.9 Å². The molecule has 0 atom stereocenters. The zero-order chi connectivity index (χ0) is 15.6. The molecule has 0 spiro atoms. The fourth-order valence-corrected chi connectivity index (χ4v) is 1.64. The molecule has 9 heteroatoms. The highest BCUT2D eigenvalue weighted by atomic mass is 19.1. The fourth-order valence-electron chi connectivity index (χ4n) is 1.64. The molecule has 21 heavy (non-hydrogen) atoms. The van der Waals surface area contributed by atoms with Gasteiger partial charge in [0.25, 0.3) is 0 Å². The number of anilines is 3. The Morgan fingerprint density at radius 2 is 2.00 bits per heavy atom. The fraction of sp³-hybridized carbons (Fsp3) is 0.0833. The molecule has 0 unspecified atom stereocenters. The van der Waals surface area contributed by atoms with Crippen LogP contribution in [0.1, 0.15) is 5.56 Å². The van der Waals surface area contributed by atoms with E-state index in [0.29, 0.717) is 0 Å². The quantitative estimate of drug-likeness (QED) is 0.455. The summed E-state index contributed by atoms with van der Waals surface area (Å²) < 4.78 is 27.2. The number of halogens is 2. The van der Waals surface area contributed by atoms with Crippen molar-refractivity contribution < 1.29 is 13.7 Å². The van der Waals surface area contributed by atoms with E-state index in [4.69, 9.17) is 5.84 Å². The summed E-state index contributed by atoms with van der Waals surface area (Å²) in [6.45, 7) is 1.40. The van der Waals surface area contributed by atoms with Crippen LogP contribution in [0.3, 0.4) is 0 Å². The van der Waals surface area contributed by atoms with Crippen LogP contribution in [-0.4, -0.2) is 9.91 Å². The number of nitrogens with zero attached hydrogens (tertiary/aromatic N) is 2. The van der Waals surface area contributed by atoms with Crippen LogP contribution in [0, 0.1) is 28.7 Å². The number of aromatic nitrogens is 1. The molecule has 1 aromatic carbocycles. The second kappa shape index (κ2) is 5.67. The maximum Gasteiger partial charge on any atom is 0.311 e. The predicted octanol–water partition coefficient (Wildman–Crippen LogP) is 2.61. The summed E-state index contributed by atoms with van der Waals surface area (Å²) in [6.07, 6.45) is 0. The Morgan fingerprint density at radius 1 is 1.29 bits per heavy atom. The van der Waals surface area contributed by atoms with E-state index >= 15 is 0 Å². The van der Waals surface area contributed by atoms with Gasteiger partial charge in [0.2, 0.25) is 5.82 Å². The van der Waals surface area contributed by atoms with Gasteiger partial charge >= 0.3 is 5.69 Å². The number of pyridine rings is 1. The molecule has 2 aromatic rings. The third-order valence-electron chi connectivity index (χ3n) is 2.72. The molecule has 0 saturated carbocycles. The number of nitrogens with two attached hydrogens (primary N) is 1. The van der Waals surface area contributed by atoms with E-state index in [1.165, 1.54) is 13.0 Å². The minimum Gasteiger partial charge on any atom is -0.332 e. The molecule has 0 aliphatic heterocycles. The van der Waals surface area contributed by atoms with E-state index < -0.39 is 22.2 Å².